The quantitative estimate of drug-likeness (QED) is 0.0441. The van der Waals surface area contributed by atoms with E-state index in [9.17, 15) is 63.1 Å². The summed E-state index contributed by atoms with van der Waals surface area (Å²) >= 11 is 0. The maximum atomic E-state index is 16.3. The van der Waals surface area contributed by atoms with Crippen LogP contribution in [0.25, 0.3) is 43.1 Å². The maximum Gasteiger partial charge on any atom is 0.266 e. The zero-order valence-corrected chi connectivity index (χ0v) is 25.5. The Kier molecular flexibility index (Phi) is 6.41. The van der Waals surface area contributed by atoms with Gasteiger partial charge in [0.15, 0.2) is 46.5 Å². The Hall–Kier alpha value is -6.72. The lowest BCUT2D eigenvalue weighted by Crippen LogP contribution is -2.42. The highest BCUT2D eigenvalue weighted by molar-refractivity contribution is 6.45. The first-order chi connectivity index (χ1) is 25.5. The summed E-state index contributed by atoms with van der Waals surface area (Å²) in [4.78, 5) is 53.9. The smallest absolute Gasteiger partial charge is 0.266 e. The number of benzene rings is 7. The Morgan fingerprint density at radius 1 is 0.315 bits per heavy atom. The van der Waals surface area contributed by atoms with Gasteiger partial charge in [0.1, 0.15) is 23.0 Å². The van der Waals surface area contributed by atoms with Crippen LogP contribution >= 0.6 is 0 Å². The number of halogens is 12. The fourth-order valence-corrected chi connectivity index (χ4v) is 7.35. The van der Waals surface area contributed by atoms with E-state index < -0.39 is 154 Å². The van der Waals surface area contributed by atoms with Crippen LogP contribution < -0.4 is 9.80 Å². The molecule has 2 aliphatic rings. The van der Waals surface area contributed by atoms with Gasteiger partial charge in [-0.2, -0.15) is 0 Å². The molecule has 0 aliphatic carbocycles. The number of fused-ring (bicyclic) bond motifs is 2. The van der Waals surface area contributed by atoms with Crippen LogP contribution in [0.2, 0.25) is 0 Å². The van der Waals surface area contributed by atoms with E-state index in [1.54, 1.807) is 0 Å². The van der Waals surface area contributed by atoms with E-state index in [-0.39, 0.29) is 26.4 Å². The van der Waals surface area contributed by atoms with Crippen molar-refractivity contribution in [1.29, 1.82) is 0 Å². The summed E-state index contributed by atoms with van der Waals surface area (Å²) in [6, 6.07) is 4.71. The molecule has 2 aliphatic heterocycles. The number of carbonyl (C=O) groups is 4. The monoisotopic (exact) mass is 758 g/mol. The van der Waals surface area contributed by atoms with Crippen molar-refractivity contribution < 1.29 is 71.9 Å². The fourth-order valence-electron chi connectivity index (χ4n) is 7.35. The van der Waals surface area contributed by atoms with Gasteiger partial charge in [0, 0.05) is 38.1 Å². The van der Waals surface area contributed by atoms with E-state index >= 15 is 8.78 Å². The van der Waals surface area contributed by atoms with Crippen LogP contribution in [-0.2, 0) is 0 Å². The Morgan fingerprint density at radius 3 is 0.963 bits per heavy atom. The molecule has 6 nitrogen and oxygen atoms in total. The van der Waals surface area contributed by atoms with Gasteiger partial charge in [-0.15, -0.1) is 0 Å². The van der Waals surface area contributed by atoms with E-state index in [0.29, 0.717) is 12.1 Å². The number of rotatable bonds is 2. The van der Waals surface area contributed by atoms with Crippen molar-refractivity contribution in [1.82, 2.24) is 0 Å². The van der Waals surface area contributed by atoms with Gasteiger partial charge in [0.25, 0.3) is 23.6 Å². The summed E-state index contributed by atoms with van der Waals surface area (Å²) in [5.41, 5.74) is -6.83. The first-order valence-corrected chi connectivity index (χ1v) is 14.9. The van der Waals surface area contributed by atoms with Crippen molar-refractivity contribution >= 4 is 78.1 Å². The van der Waals surface area contributed by atoms with Gasteiger partial charge in [-0.1, -0.05) is 12.1 Å². The van der Waals surface area contributed by atoms with Gasteiger partial charge in [0.05, 0.1) is 11.1 Å². The van der Waals surface area contributed by atoms with E-state index in [4.69, 9.17) is 0 Å². The lowest BCUT2D eigenvalue weighted by Gasteiger charge is -2.30. The van der Waals surface area contributed by atoms with Gasteiger partial charge in [-0.05, 0) is 40.4 Å². The SMILES string of the molecule is O=C1c2ccc3c4c(F)cc5c6c(cc(F)c(c7ccc(c2c37)C(=O)N1c1c(F)c(F)c(F)c(F)c1F)c64)C(=O)N(c1c(F)c(F)c(F)c(F)c1F)C5=O. The second-order valence-corrected chi connectivity index (χ2v) is 12.1. The summed E-state index contributed by atoms with van der Waals surface area (Å²) in [6.07, 6.45) is 0. The second kappa shape index (κ2) is 10.5. The highest BCUT2D eigenvalue weighted by atomic mass is 19.2. The normalized spacial score (nSPS) is 14.4. The molecule has 268 valence electrons. The molecular weight excluding hydrogens is 752 g/mol. The molecular formula is C36H6F12N2O4. The third kappa shape index (κ3) is 3.68. The first kappa shape index (κ1) is 33.1. The molecule has 0 bridgehead atoms. The summed E-state index contributed by atoms with van der Waals surface area (Å²) in [5, 5.41) is -3.21. The number of anilines is 2. The molecule has 0 spiro atoms. The third-order valence-electron chi connectivity index (χ3n) is 9.56. The molecule has 0 fully saturated rings. The Labute approximate surface area is 288 Å². The average molecular weight is 758 g/mol. The molecule has 0 unspecified atom stereocenters. The zero-order valence-electron chi connectivity index (χ0n) is 25.5. The van der Waals surface area contributed by atoms with Gasteiger partial charge >= 0.3 is 0 Å². The predicted molar refractivity (Wildman–Crippen MR) is 162 cm³/mol. The molecule has 0 N–H and O–H groups in total. The Balaban J connectivity index is 1.34. The predicted octanol–water partition coefficient (Wildman–Crippen LogP) is 9.01. The van der Waals surface area contributed by atoms with Gasteiger partial charge in [-0.3, -0.25) is 19.2 Å². The minimum Gasteiger partial charge on any atom is -0.268 e. The summed E-state index contributed by atoms with van der Waals surface area (Å²) in [7, 11) is 0. The summed E-state index contributed by atoms with van der Waals surface area (Å²) in [5.74, 6) is -34.9. The first-order valence-electron chi connectivity index (χ1n) is 14.9. The molecule has 0 radical (unpaired) electrons. The van der Waals surface area contributed by atoms with E-state index in [1.165, 1.54) is 0 Å². The van der Waals surface area contributed by atoms with Crippen LogP contribution in [0.4, 0.5) is 64.1 Å². The topological polar surface area (TPSA) is 74.8 Å². The van der Waals surface area contributed by atoms with Crippen LogP contribution in [0.1, 0.15) is 41.4 Å². The maximum absolute atomic E-state index is 16.3. The van der Waals surface area contributed by atoms with Crippen molar-refractivity contribution in [2.75, 3.05) is 9.80 Å². The van der Waals surface area contributed by atoms with Crippen molar-refractivity contribution in [3.8, 4) is 0 Å². The number of hydrogen-bond donors (Lipinski definition) is 0. The van der Waals surface area contributed by atoms with Crippen molar-refractivity contribution in [2.45, 2.75) is 0 Å². The number of amides is 4. The van der Waals surface area contributed by atoms with Crippen molar-refractivity contribution in [3.63, 3.8) is 0 Å². The van der Waals surface area contributed by atoms with Crippen LogP contribution in [0, 0.1) is 69.8 Å². The highest BCUT2D eigenvalue weighted by Gasteiger charge is 2.44. The standard InChI is InChI=1S/C36H6F12N2O4/c37-13-5-11-17-12(36(54)50(35(11)53)32-29(47)25(43)22(40)26(44)30(32)48)6-14(38)19-8-2-4-10-16-9(3-1-7(15(8)16)18(13)20(17)19)33(51)49(34(10)52)31-27(45)23(41)21(39)24(42)28(31)46/h1-6H. The Morgan fingerprint density at radius 2 is 0.611 bits per heavy atom. The summed E-state index contributed by atoms with van der Waals surface area (Å²) in [6.45, 7) is 0. The molecule has 18 heteroatoms. The molecule has 2 heterocycles. The largest absolute Gasteiger partial charge is 0.268 e. The third-order valence-corrected chi connectivity index (χ3v) is 9.56. The molecule has 9 rings (SSSR count). The molecule has 0 saturated carbocycles. The van der Waals surface area contributed by atoms with Crippen LogP contribution in [0.3, 0.4) is 0 Å². The number of hydrogen-bond acceptors (Lipinski definition) is 4. The Bertz CT molecular complexity index is 2890. The average Bonchev–Trinajstić information content (AvgIpc) is 3.15. The molecule has 0 saturated heterocycles. The van der Waals surface area contributed by atoms with Gasteiger partial charge in [0.2, 0.25) is 11.6 Å². The van der Waals surface area contributed by atoms with E-state index in [1.807, 2.05) is 0 Å². The molecule has 7 aromatic carbocycles. The lowest BCUT2D eigenvalue weighted by atomic mass is 9.81. The zero-order chi connectivity index (χ0) is 38.7. The number of imide groups is 2. The van der Waals surface area contributed by atoms with E-state index in [2.05, 4.69) is 0 Å². The van der Waals surface area contributed by atoms with Crippen LogP contribution in [0.5, 0.6) is 0 Å². The van der Waals surface area contributed by atoms with Gasteiger partial charge < -0.3 is 0 Å². The summed E-state index contributed by atoms with van der Waals surface area (Å²) < 4.78 is 176. The lowest BCUT2D eigenvalue weighted by molar-refractivity contribution is 0.0874. The fraction of sp³-hybridized carbons (Fsp3) is 0. The molecule has 54 heavy (non-hydrogen) atoms. The molecule has 0 atom stereocenters. The second-order valence-electron chi connectivity index (χ2n) is 12.1. The number of carbonyl (C=O) groups excluding carboxylic acids is 4. The molecule has 0 aromatic heterocycles. The van der Waals surface area contributed by atoms with Crippen molar-refractivity contribution in [2.24, 2.45) is 0 Å². The molecule has 4 amide bonds. The minimum absolute atomic E-state index is 0.230. The number of nitrogens with zero attached hydrogens (tertiary/aromatic N) is 2. The van der Waals surface area contributed by atoms with Gasteiger partial charge in [-0.25, -0.2) is 62.5 Å². The van der Waals surface area contributed by atoms with Crippen LogP contribution in [0.15, 0.2) is 36.4 Å². The minimum atomic E-state index is -2.62. The highest BCUT2D eigenvalue weighted by Crippen LogP contribution is 2.49. The van der Waals surface area contributed by atoms with Crippen molar-refractivity contribution in [3.05, 3.63) is 128 Å². The van der Waals surface area contributed by atoms with Crippen LogP contribution in [-0.4, -0.2) is 23.6 Å². The van der Waals surface area contributed by atoms with E-state index in [0.717, 1.165) is 24.3 Å². The molecule has 7 aromatic rings.